The van der Waals surface area contributed by atoms with Gasteiger partial charge in [-0.25, -0.2) is 9.97 Å². The Bertz CT molecular complexity index is 382. The van der Waals surface area contributed by atoms with E-state index in [2.05, 4.69) is 27.1 Å². The molecule has 0 radical (unpaired) electrons. The van der Waals surface area contributed by atoms with Gasteiger partial charge in [-0.3, -0.25) is 0 Å². The summed E-state index contributed by atoms with van der Waals surface area (Å²) in [7, 11) is 1.71. The maximum absolute atomic E-state index is 5.00. The van der Waals surface area contributed by atoms with E-state index in [1.54, 1.807) is 7.11 Å². The van der Waals surface area contributed by atoms with E-state index in [1.807, 2.05) is 12.4 Å². The van der Waals surface area contributed by atoms with Gasteiger partial charge >= 0.3 is 0 Å². The normalized spacial score (nSPS) is 18.7. The van der Waals surface area contributed by atoms with Gasteiger partial charge in [0.05, 0.1) is 6.61 Å². The van der Waals surface area contributed by atoms with Crippen LogP contribution in [-0.2, 0) is 11.3 Å². The zero-order valence-electron chi connectivity index (χ0n) is 12.6. The van der Waals surface area contributed by atoms with Gasteiger partial charge in [0.2, 0.25) is 5.95 Å². The van der Waals surface area contributed by atoms with Crippen LogP contribution in [0.3, 0.4) is 0 Å². The lowest BCUT2D eigenvalue weighted by molar-refractivity contribution is 0.199. The van der Waals surface area contributed by atoms with Gasteiger partial charge in [-0.2, -0.15) is 0 Å². The van der Waals surface area contributed by atoms with Crippen molar-refractivity contribution in [2.24, 2.45) is 5.92 Å². The minimum atomic E-state index is 0.728. The third-order valence-electron chi connectivity index (χ3n) is 3.77. The monoisotopic (exact) mass is 278 g/mol. The fourth-order valence-electron chi connectivity index (χ4n) is 2.67. The standard InChI is InChI=1S/C15H26N4O/c1-3-4-13-5-7-19(12-13)15-17-10-14(11-18-15)9-16-6-8-20-2/h10-11,13,16H,3-9,12H2,1-2H3. The first-order chi connectivity index (χ1) is 9.83. The molecule has 5 nitrogen and oxygen atoms in total. The van der Waals surface area contributed by atoms with E-state index in [-0.39, 0.29) is 0 Å². The molecule has 1 aromatic rings. The molecule has 1 fully saturated rings. The second-order valence-corrected chi connectivity index (χ2v) is 5.45. The predicted molar refractivity (Wildman–Crippen MR) is 80.8 cm³/mol. The predicted octanol–water partition coefficient (Wildman–Crippen LogP) is 1.84. The van der Waals surface area contributed by atoms with Gasteiger partial charge in [0.15, 0.2) is 0 Å². The van der Waals surface area contributed by atoms with Gasteiger partial charge in [0.25, 0.3) is 0 Å². The number of methoxy groups -OCH3 is 1. The van der Waals surface area contributed by atoms with Crippen molar-refractivity contribution >= 4 is 5.95 Å². The molecule has 2 heterocycles. The van der Waals surface area contributed by atoms with E-state index in [0.29, 0.717) is 0 Å². The molecule has 1 saturated heterocycles. The SMILES string of the molecule is CCCC1CCN(c2ncc(CNCCOC)cn2)C1. The Kier molecular flexibility index (Phi) is 6.21. The molecule has 0 bridgehead atoms. The maximum Gasteiger partial charge on any atom is 0.225 e. The van der Waals surface area contributed by atoms with Crippen LogP contribution < -0.4 is 10.2 Å². The van der Waals surface area contributed by atoms with Crippen LogP contribution in [0.1, 0.15) is 31.7 Å². The van der Waals surface area contributed by atoms with Gasteiger partial charge in [-0.15, -0.1) is 0 Å². The molecule has 0 saturated carbocycles. The van der Waals surface area contributed by atoms with E-state index in [0.717, 1.165) is 50.2 Å². The quantitative estimate of drug-likeness (QED) is 0.735. The topological polar surface area (TPSA) is 50.3 Å². The first kappa shape index (κ1) is 15.2. The highest BCUT2D eigenvalue weighted by molar-refractivity contribution is 5.31. The Morgan fingerprint density at radius 2 is 2.20 bits per heavy atom. The Balaban J connectivity index is 1.79. The number of aromatic nitrogens is 2. The molecule has 5 heteroatoms. The first-order valence-corrected chi connectivity index (χ1v) is 7.59. The largest absolute Gasteiger partial charge is 0.383 e. The van der Waals surface area contributed by atoms with Crippen molar-refractivity contribution < 1.29 is 4.74 Å². The minimum absolute atomic E-state index is 0.728. The van der Waals surface area contributed by atoms with Gasteiger partial charge in [-0.05, 0) is 18.8 Å². The van der Waals surface area contributed by atoms with Gasteiger partial charge in [-0.1, -0.05) is 13.3 Å². The molecule has 1 N–H and O–H groups in total. The van der Waals surface area contributed by atoms with Crippen molar-refractivity contribution in [1.82, 2.24) is 15.3 Å². The highest BCUT2D eigenvalue weighted by atomic mass is 16.5. The zero-order chi connectivity index (χ0) is 14.2. The van der Waals surface area contributed by atoms with E-state index in [1.165, 1.54) is 19.3 Å². The highest BCUT2D eigenvalue weighted by Crippen LogP contribution is 2.23. The number of hydrogen-bond acceptors (Lipinski definition) is 5. The molecule has 1 aromatic heterocycles. The molecule has 0 aromatic carbocycles. The third-order valence-corrected chi connectivity index (χ3v) is 3.77. The third kappa shape index (κ3) is 4.42. The summed E-state index contributed by atoms with van der Waals surface area (Å²) in [6, 6.07) is 0. The van der Waals surface area contributed by atoms with Crippen LogP contribution in [0.4, 0.5) is 5.95 Å². The molecule has 0 aliphatic carbocycles. The fraction of sp³-hybridized carbons (Fsp3) is 0.733. The van der Waals surface area contributed by atoms with Crippen LogP contribution in [0.2, 0.25) is 0 Å². The van der Waals surface area contributed by atoms with Crippen LogP contribution in [0.15, 0.2) is 12.4 Å². The van der Waals surface area contributed by atoms with E-state index >= 15 is 0 Å². The van der Waals surface area contributed by atoms with E-state index < -0.39 is 0 Å². The molecule has 20 heavy (non-hydrogen) atoms. The maximum atomic E-state index is 5.00. The van der Waals surface area contributed by atoms with Gasteiger partial charge in [0, 0.05) is 51.2 Å². The summed E-state index contributed by atoms with van der Waals surface area (Å²) in [5.41, 5.74) is 1.12. The molecule has 112 valence electrons. The van der Waals surface area contributed by atoms with Crippen molar-refractivity contribution in [2.75, 3.05) is 38.3 Å². The minimum Gasteiger partial charge on any atom is -0.383 e. The Hall–Kier alpha value is -1.20. The molecule has 1 unspecified atom stereocenters. The van der Waals surface area contributed by atoms with Crippen LogP contribution in [0.5, 0.6) is 0 Å². The number of nitrogens with one attached hydrogen (secondary N) is 1. The second kappa shape index (κ2) is 8.17. The van der Waals surface area contributed by atoms with Crippen molar-refractivity contribution in [3.8, 4) is 0 Å². The number of rotatable bonds is 8. The summed E-state index contributed by atoms with van der Waals surface area (Å²) in [4.78, 5) is 11.3. The number of ether oxygens (including phenoxy) is 1. The molecule has 1 aliphatic heterocycles. The summed E-state index contributed by atoms with van der Waals surface area (Å²) in [5, 5.41) is 3.30. The average Bonchev–Trinajstić information content (AvgIpc) is 2.93. The van der Waals surface area contributed by atoms with Gasteiger partial charge < -0.3 is 15.0 Å². The van der Waals surface area contributed by atoms with E-state index in [9.17, 15) is 0 Å². The summed E-state index contributed by atoms with van der Waals surface area (Å²) in [6.45, 7) is 6.83. The summed E-state index contributed by atoms with van der Waals surface area (Å²) < 4.78 is 5.00. The van der Waals surface area contributed by atoms with Crippen molar-refractivity contribution in [3.63, 3.8) is 0 Å². The van der Waals surface area contributed by atoms with Crippen LogP contribution >= 0.6 is 0 Å². The van der Waals surface area contributed by atoms with Crippen molar-refractivity contribution in [2.45, 2.75) is 32.7 Å². The molecular weight excluding hydrogens is 252 g/mol. The molecule has 2 rings (SSSR count). The van der Waals surface area contributed by atoms with E-state index in [4.69, 9.17) is 4.74 Å². The number of hydrogen-bond donors (Lipinski definition) is 1. The molecule has 1 aliphatic rings. The lowest BCUT2D eigenvalue weighted by Gasteiger charge is -2.16. The molecule has 0 amide bonds. The summed E-state index contributed by atoms with van der Waals surface area (Å²) in [5.74, 6) is 1.70. The highest BCUT2D eigenvalue weighted by Gasteiger charge is 2.23. The smallest absolute Gasteiger partial charge is 0.225 e. The molecule has 0 spiro atoms. The Morgan fingerprint density at radius 1 is 1.40 bits per heavy atom. The van der Waals surface area contributed by atoms with Gasteiger partial charge in [0.1, 0.15) is 0 Å². The lowest BCUT2D eigenvalue weighted by atomic mass is 10.0. The molecular formula is C15H26N4O. The summed E-state index contributed by atoms with van der Waals surface area (Å²) in [6.07, 6.45) is 7.71. The van der Waals surface area contributed by atoms with Crippen LogP contribution in [-0.4, -0.2) is 43.3 Å². The number of anilines is 1. The second-order valence-electron chi connectivity index (χ2n) is 5.45. The molecule has 1 atom stereocenters. The Morgan fingerprint density at radius 3 is 2.90 bits per heavy atom. The van der Waals surface area contributed by atoms with Crippen LogP contribution in [0.25, 0.3) is 0 Å². The zero-order valence-corrected chi connectivity index (χ0v) is 12.6. The number of nitrogens with zero attached hydrogens (tertiary/aromatic N) is 3. The Labute approximate surface area is 121 Å². The van der Waals surface area contributed by atoms with Crippen LogP contribution in [0, 0.1) is 5.92 Å². The fourth-order valence-corrected chi connectivity index (χ4v) is 2.67. The average molecular weight is 278 g/mol. The summed E-state index contributed by atoms with van der Waals surface area (Å²) >= 11 is 0. The van der Waals surface area contributed by atoms with Crippen molar-refractivity contribution in [1.29, 1.82) is 0 Å². The lowest BCUT2D eigenvalue weighted by Crippen LogP contribution is -2.23. The first-order valence-electron chi connectivity index (χ1n) is 7.59. The van der Waals surface area contributed by atoms with Crippen molar-refractivity contribution in [3.05, 3.63) is 18.0 Å².